The lowest BCUT2D eigenvalue weighted by Crippen LogP contribution is -2.45. The van der Waals surface area contributed by atoms with E-state index in [9.17, 15) is 8.78 Å². The maximum atomic E-state index is 13.6. The molecule has 1 radical (unpaired) electrons. The Labute approximate surface area is 87.9 Å². The fraction of sp³-hybridized carbons (Fsp3) is 0.545. The molecule has 4 heteroatoms. The third-order valence-electron chi connectivity index (χ3n) is 2.72. The summed E-state index contributed by atoms with van der Waals surface area (Å²) >= 11 is 0. The number of aryl methyl sites for hydroxylation is 1. The van der Waals surface area contributed by atoms with Crippen LogP contribution in [-0.4, -0.2) is 17.6 Å². The molecule has 81 valence electrons. The van der Waals surface area contributed by atoms with Gasteiger partial charge in [-0.2, -0.15) is 8.78 Å². The van der Waals surface area contributed by atoms with E-state index in [1.54, 1.807) is 19.2 Å². The summed E-state index contributed by atoms with van der Waals surface area (Å²) in [6.07, 6.45) is 5.54. The number of aromatic nitrogens is 1. The van der Waals surface area contributed by atoms with Crippen LogP contribution >= 0.6 is 0 Å². The minimum Gasteiger partial charge on any atom is -0.311 e. The van der Waals surface area contributed by atoms with Crippen molar-refractivity contribution in [3.05, 3.63) is 24.0 Å². The van der Waals surface area contributed by atoms with Crippen LogP contribution < -0.4 is 4.90 Å². The van der Waals surface area contributed by atoms with Crippen molar-refractivity contribution in [2.45, 2.75) is 32.2 Å². The second-order valence-electron chi connectivity index (χ2n) is 3.86. The Morgan fingerprint density at radius 1 is 1.47 bits per heavy atom. The normalized spacial score (nSPS) is 20.3. The lowest BCUT2D eigenvalue weighted by molar-refractivity contribution is -0.0250. The standard InChI is InChI=1S/C11H13F2N2/c1-9-4-6-14-8-10(9)15-7-3-2-5-11(15,12)13/h4,6H,2-3,5,7H2,1H3. The first kappa shape index (κ1) is 10.3. The van der Waals surface area contributed by atoms with Gasteiger partial charge in [0.15, 0.2) is 0 Å². The maximum absolute atomic E-state index is 13.6. The summed E-state index contributed by atoms with van der Waals surface area (Å²) in [4.78, 5) is 4.91. The van der Waals surface area contributed by atoms with Gasteiger partial charge in [-0.3, -0.25) is 4.98 Å². The first-order chi connectivity index (χ1) is 7.11. The van der Waals surface area contributed by atoms with Gasteiger partial charge in [0.2, 0.25) is 0 Å². The van der Waals surface area contributed by atoms with Crippen LogP contribution in [0.2, 0.25) is 0 Å². The SMILES string of the molecule is Cc1ccn[c]c1N1CCCCC1(F)F. The Morgan fingerprint density at radius 3 is 2.93 bits per heavy atom. The van der Waals surface area contributed by atoms with Crippen molar-refractivity contribution in [2.24, 2.45) is 0 Å². The lowest BCUT2D eigenvalue weighted by Gasteiger charge is -2.37. The molecule has 15 heavy (non-hydrogen) atoms. The van der Waals surface area contributed by atoms with Gasteiger partial charge in [0.25, 0.3) is 0 Å². The highest BCUT2D eigenvalue weighted by Crippen LogP contribution is 2.35. The molecular weight excluding hydrogens is 198 g/mol. The number of alkyl halides is 2. The van der Waals surface area contributed by atoms with Gasteiger partial charge in [0, 0.05) is 19.2 Å². The Kier molecular flexibility index (Phi) is 2.59. The van der Waals surface area contributed by atoms with E-state index in [1.165, 1.54) is 0 Å². The van der Waals surface area contributed by atoms with E-state index in [0.717, 1.165) is 16.9 Å². The number of nitrogens with zero attached hydrogens (tertiary/aromatic N) is 2. The quantitative estimate of drug-likeness (QED) is 0.664. The summed E-state index contributed by atoms with van der Waals surface area (Å²) in [5, 5.41) is 0. The van der Waals surface area contributed by atoms with Crippen LogP contribution in [0.5, 0.6) is 0 Å². The Hall–Kier alpha value is -1.19. The van der Waals surface area contributed by atoms with Gasteiger partial charge in [-0.1, -0.05) is 0 Å². The van der Waals surface area contributed by atoms with Gasteiger partial charge >= 0.3 is 6.05 Å². The summed E-state index contributed by atoms with van der Waals surface area (Å²) in [5.41, 5.74) is 1.23. The van der Waals surface area contributed by atoms with Crippen molar-refractivity contribution in [3.63, 3.8) is 0 Å². The molecule has 0 unspecified atom stereocenters. The predicted octanol–water partition coefficient (Wildman–Crippen LogP) is 2.77. The zero-order chi connectivity index (χ0) is 10.9. The predicted molar refractivity (Wildman–Crippen MR) is 54.0 cm³/mol. The van der Waals surface area contributed by atoms with Crippen LogP contribution in [0.1, 0.15) is 24.8 Å². The first-order valence-electron chi connectivity index (χ1n) is 5.10. The molecule has 2 heterocycles. The van der Waals surface area contributed by atoms with Crippen LogP contribution in [0.3, 0.4) is 0 Å². The van der Waals surface area contributed by atoms with Crippen molar-refractivity contribution in [1.29, 1.82) is 0 Å². The molecule has 2 nitrogen and oxygen atoms in total. The summed E-state index contributed by atoms with van der Waals surface area (Å²) in [6, 6.07) is -1.01. The highest BCUT2D eigenvalue weighted by atomic mass is 19.3. The molecule has 0 saturated carbocycles. The highest BCUT2D eigenvalue weighted by molar-refractivity contribution is 5.51. The van der Waals surface area contributed by atoms with Crippen molar-refractivity contribution in [1.82, 2.24) is 4.98 Å². The summed E-state index contributed by atoms with van der Waals surface area (Å²) in [7, 11) is 0. The first-order valence-corrected chi connectivity index (χ1v) is 5.10. The van der Waals surface area contributed by atoms with Crippen LogP contribution in [0, 0.1) is 13.1 Å². The third kappa shape index (κ3) is 1.94. The molecular formula is C11H13F2N2. The minimum absolute atomic E-state index is 0.0742. The topological polar surface area (TPSA) is 16.1 Å². The number of piperidine rings is 1. The smallest absolute Gasteiger partial charge is 0.311 e. The Morgan fingerprint density at radius 2 is 2.27 bits per heavy atom. The summed E-state index contributed by atoms with van der Waals surface area (Å²) in [5.74, 6) is 0. The van der Waals surface area contributed by atoms with Crippen LogP contribution in [0.15, 0.2) is 12.3 Å². The van der Waals surface area contributed by atoms with Gasteiger partial charge in [0.05, 0.1) is 5.69 Å². The molecule has 1 fully saturated rings. The van der Waals surface area contributed by atoms with Crippen LogP contribution in [-0.2, 0) is 0 Å². The molecule has 0 amide bonds. The van der Waals surface area contributed by atoms with Crippen molar-refractivity contribution in [3.8, 4) is 0 Å². The number of pyridine rings is 1. The molecule has 1 saturated heterocycles. The van der Waals surface area contributed by atoms with Gasteiger partial charge in [-0.05, 0) is 31.4 Å². The van der Waals surface area contributed by atoms with Gasteiger partial charge in [-0.25, -0.2) is 0 Å². The van der Waals surface area contributed by atoms with E-state index in [4.69, 9.17) is 0 Å². The molecule has 0 aliphatic carbocycles. The average molecular weight is 211 g/mol. The molecule has 0 atom stereocenters. The number of hydrogen-bond acceptors (Lipinski definition) is 2. The minimum atomic E-state index is -2.75. The van der Waals surface area contributed by atoms with Gasteiger partial charge < -0.3 is 4.90 Å². The monoisotopic (exact) mass is 211 g/mol. The van der Waals surface area contributed by atoms with Gasteiger partial charge in [0.1, 0.15) is 6.20 Å². The number of anilines is 1. The van der Waals surface area contributed by atoms with Crippen molar-refractivity contribution < 1.29 is 8.78 Å². The number of rotatable bonds is 1. The summed E-state index contributed by atoms with van der Waals surface area (Å²) < 4.78 is 27.2. The lowest BCUT2D eigenvalue weighted by atomic mass is 10.1. The fourth-order valence-electron chi connectivity index (χ4n) is 1.87. The maximum Gasteiger partial charge on any atom is 0.325 e. The summed E-state index contributed by atoms with van der Waals surface area (Å²) in [6.45, 7) is 2.19. The second-order valence-corrected chi connectivity index (χ2v) is 3.86. The Balaban J connectivity index is 2.33. The second kappa shape index (κ2) is 3.76. The van der Waals surface area contributed by atoms with Crippen LogP contribution in [0.4, 0.5) is 14.5 Å². The molecule has 1 aliphatic rings. The molecule has 0 N–H and O–H groups in total. The Bertz CT molecular complexity index is 352. The molecule has 1 aromatic heterocycles. The van der Waals surface area contributed by atoms with Crippen LogP contribution in [0.25, 0.3) is 0 Å². The molecule has 1 aliphatic heterocycles. The van der Waals surface area contributed by atoms with E-state index < -0.39 is 6.05 Å². The van der Waals surface area contributed by atoms with E-state index in [1.807, 2.05) is 0 Å². The van der Waals surface area contributed by atoms with E-state index in [0.29, 0.717) is 18.7 Å². The molecule has 0 spiro atoms. The molecule has 0 aromatic carbocycles. The number of halogens is 2. The largest absolute Gasteiger partial charge is 0.325 e. The average Bonchev–Trinajstić information content (AvgIpc) is 2.19. The fourth-order valence-corrected chi connectivity index (χ4v) is 1.87. The van der Waals surface area contributed by atoms with Gasteiger partial charge in [-0.15, -0.1) is 0 Å². The van der Waals surface area contributed by atoms with E-state index in [2.05, 4.69) is 11.2 Å². The molecule has 0 bridgehead atoms. The molecule has 2 rings (SSSR count). The van der Waals surface area contributed by atoms with E-state index >= 15 is 0 Å². The number of hydrogen-bond donors (Lipinski definition) is 0. The third-order valence-corrected chi connectivity index (χ3v) is 2.72. The highest BCUT2D eigenvalue weighted by Gasteiger charge is 2.39. The van der Waals surface area contributed by atoms with Crippen molar-refractivity contribution >= 4 is 5.69 Å². The van der Waals surface area contributed by atoms with Crippen molar-refractivity contribution in [2.75, 3.05) is 11.4 Å². The zero-order valence-electron chi connectivity index (χ0n) is 8.63. The van der Waals surface area contributed by atoms with E-state index in [-0.39, 0.29) is 6.42 Å². The zero-order valence-corrected chi connectivity index (χ0v) is 8.63. The molecule has 1 aromatic rings.